The molecule has 0 aliphatic carbocycles. The molecule has 3 rings (SSSR count). The van der Waals surface area contributed by atoms with E-state index in [4.69, 9.17) is 0 Å². The van der Waals surface area contributed by atoms with E-state index in [1.165, 1.54) is 17.0 Å². The van der Waals surface area contributed by atoms with Crippen molar-refractivity contribution in [2.45, 2.75) is 64.6 Å². The van der Waals surface area contributed by atoms with E-state index in [0.29, 0.717) is 5.69 Å². The largest absolute Gasteiger partial charge is 0.352 e. The van der Waals surface area contributed by atoms with Crippen molar-refractivity contribution in [1.29, 1.82) is 0 Å². The van der Waals surface area contributed by atoms with Crippen molar-refractivity contribution in [3.63, 3.8) is 0 Å². The summed E-state index contributed by atoms with van der Waals surface area (Å²) < 4.78 is 28.9. The van der Waals surface area contributed by atoms with Gasteiger partial charge in [-0.2, -0.15) is 0 Å². The molecule has 1 N–H and O–H groups in total. The van der Waals surface area contributed by atoms with Crippen LogP contribution in [-0.4, -0.2) is 43.8 Å². The Morgan fingerprint density at radius 1 is 0.868 bits per heavy atom. The zero-order chi connectivity index (χ0) is 27.9. The molecule has 2 amide bonds. The summed E-state index contributed by atoms with van der Waals surface area (Å²) in [6.07, 6.45) is 0.751. The van der Waals surface area contributed by atoms with E-state index in [0.717, 1.165) is 27.4 Å². The summed E-state index contributed by atoms with van der Waals surface area (Å²) in [6.45, 7) is 9.01. The van der Waals surface area contributed by atoms with Crippen LogP contribution in [0.4, 0.5) is 5.69 Å². The summed E-state index contributed by atoms with van der Waals surface area (Å²) in [5.41, 5.74) is 2.94. The fourth-order valence-electron chi connectivity index (χ4n) is 4.07. The van der Waals surface area contributed by atoms with Gasteiger partial charge >= 0.3 is 0 Å². The summed E-state index contributed by atoms with van der Waals surface area (Å²) in [6, 6.07) is 22.0. The first-order chi connectivity index (χ1) is 18.1. The topological polar surface area (TPSA) is 86.8 Å². The number of hydrogen-bond acceptors (Lipinski definition) is 4. The highest BCUT2D eigenvalue weighted by Gasteiger charge is 2.33. The number of rotatable bonds is 11. The maximum atomic E-state index is 13.9. The molecule has 0 bridgehead atoms. The average molecular weight is 536 g/mol. The number of nitrogens with zero attached hydrogens (tertiary/aromatic N) is 2. The molecule has 0 heterocycles. The molecule has 202 valence electrons. The molecule has 0 saturated carbocycles. The first-order valence-corrected chi connectivity index (χ1v) is 14.3. The zero-order valence-electron chi connectivity index (χ0n) is 22.7. The Labute approximate surface area is 226 Å². The SMILES string of the molecule is CC[C@@H](C)NC(=O)[C@H](C)N(Cc1ccccc1)C(=O)CN(c1cccc(C)c1C)S(=O)(=O)c1ccccc1. The number of sulfonamides is 1. The van der Waals surface area contributed by atoms with E-state index in [1.54, 1.807) is 37.3 Å². The number of benzene rings is 3. The average Bonchev–Trinajstić information content (AvgIpc) is 2.92. The molecule has 8 heteroatoms. The quantitative estimate of drug-likeness (QED) is 0.381. The van der Waals surface area contributed by atoms with Gasteiger partial charge in [-0.1, -0.05) is 67.6 Å². The van der Waals surface area contributed by atoms with Crippen molar-refractivity contribution in [3.05, 3.63) is 95.6 Å². The van der Waals surface area contributed by atoms with Crippen molar-refractivity contribution in [2.75, 3.05) is 10.8 Å². The minimum absolute atomic E-state index is 0.0523. The molecule has 0 saturated heterocycles. The van der Waals surface area contributed by atoms with E-state index in [1.807, 2.05) is 64.1 Å². The summed E-state index contributed by atoms with van der Waals surface area (Å²) in [7, 11) is -4.08. The van der Waals surface area contributed by atoms with Gasteiger partial charge in [0.1, 0.15) is 12.6 Å². The number of carbonyl (C=O) groups is 2. The lowest BCUT2D eigenvalue weighted by Gasteiger charge is -2.33. The van der Waals surface area contributed by atoms with Crippen molar-refractivity contribution in [1.82, 2.24) is 10.2 Å². The van der Waals surface area contributed by atoms with Gasteiger partial charge in [0, 0.05) is 12.6 Å². The Bertz CT molecular complexity index is 1340. The van der Waals surface area contributed by atoms with Crippen LogP contribution < -0.4 is 9.62 Å². The molecule has 0 fully saturated rings. The standard InChI is InChI=1S/C30H37N3O4S/c1-6-23(3)31-30(35)25(5)32(20-26-15-9-7-10-16-26)29(34)21-33(28-19-13-14-22(2)24(28)4)38(36,37)27-17-11-8-12-18-27/h7-19,23,25H,6,20-21H2,1-5H3,(H,31,35)/t23-,25+/m1/s1. The highest BCUT2D eigenvalue weighted by Crippen LogP contribution is 2.29. The summed E-state index contributed by atoms with van der Waals surface area (Å²) in [5, 5.41) is 2.94. The summed E-state index contributed by atoms with van der Waals surface area (Å²) in [4.78, 5) is 28.6. The van der Waals surface area contributed by atoms with Gasteiger partial charge in [-0.25, -0.2) is 8.42 Å². The smallest absolute Gasteiger partial charge is 0.264 e. The fourth-order valence-corrected chi connectivity index (χ4v) is 5.56. The Balaban J connectivity index is 2.04. The summed E-state index contributed by atoms with van der Waals surface area (Å²) >= 11 is 0. The maximum Gasteiger partial charge on any atom is 0.264 e. The molecule has 3 aromatic carbocycles. The van der Waals surface area contributed by atoms with Crippen LogP contribution in [0.5, 0.6) is 0 Å². The second-order valence-electron chi connectivity index (χ2n) is 9.54. The van der Waals surface area contributed by atoms with Crippen LogP contribution in [-0.2, 0) is 26.2 Å². The van der Waals surface area contributed by atoms with Crippen LogP contribution in [0.3, 0.4) is 0 Å². The molecule has 0 aliphatic rings. The number of amides is 2. The number of nitrogens with one attached hydrogen (secondary N) is 1. The number of carbonyl (C=O) groups excluding carboxylic acids is 2. The third-order valence-electron chi connectivity index (χ3n) is 6.82. The number of anilines is 1. The Morgan fingerprint density at radius 2 is 1.47 bits per heavy atom. The Kier molecular flexibility index (Phi) is 9.69. The van der Waals surface area contributed by atoms with E-state index in [9.17, 15) is 18.0 Å². The van der Waals surface area contributed by atoms with Gasteiger partial charge in [-0.3, -0.25) is 13.9 Å². The first-order valence-electron chi connectivity index (χ1n) is 12.8. The molecule has 3 aromatic rings. The van der Waals surface area contributed by atoms with Crippen LogP contribution >= 0.6 is 0 Å². The lowest BCUT2D eigenvalue weighted by Crippen LogP contribution is -2.52. The third-order valence-corrected chi connectivity index (χ3v) is 8.59. The van der Waals surface area contributed by atoms with Crippen LogP contribution in [0.15, 0.2) is 83.8 Å². The molecule has 38 heavy (non-hydrogen) atoms. The zero-order valence-corrected chi connectivity index (χ0v) is 23.5. The van der Waals surface area contributed by atoms with Gasteiger partial charge in [0.25, 0.3) is 10.0 Å². The van der Waals surface area contributed by atoms with Crippen molar-refractivity contribution < 1.29 is 18.0 Å². The van der Waals surface area contributed by atoms with Crippen LogP contribution in [0.2, 0.25) is 0 Å². The molecule has 7 nitrogen and oxygen atoms in total. The number of aryl methyl sites for hydroxylation is 1. The van der Waals surface area contributed by atoms with Crippen molar-refractivity contribution in [3.8, 4) is 0 Å². The molecule has 0 unspecified atom stereocenters. The molecular formula is C30H37N3O4S. The Hall–Kier alpha value is -3.65. The predicted molar refractivity (Wildman–Crippen MR) is 151 cm³/mol. The molecule has 0 aliphatic heterocycles. The minimum atomic E-state index is -4.08. The minimum Gasteiger partial charge on any atom is -0.352 e. The van der Waals surface area contributed by atoms with Gasteiger partial charge in [-0.05, 0) is 69.0 Å². The van der Waals surface area contributed by atoms with E-state index < -0.39 is 28.5 Å². The second kappa shape index (κ2) is 12.7. The van der Waals surface area contributed by atoms with Crippen molar-refractivity contribution >= 4 is 27.5 Å². The highest BCUT2D eigenvalue weighted by atomic mass is 32.2. The summed E-state index contributed by atoms with van der Waals surface area (Å²) in [5.74, 6) is -0.756. The van der Waals surface area contributed by atoms with Gasteiger partial charge in [-0.15, -0.1) is 0 Å². The Morgan fingerprint density at radius 3 is 2.08 bits per heavy atom. The normalized spacial score (nSPS) is 12.9. The van der Waals surface area contributed by atoms with E-state index in [-0.39, 0.29) is 23.4 Å². The van der Waals surface area contributed by atoms with Crippen LogP contribution in [0, 0.1) is 13.8 Å². The molecular weight excluding hydrogens is 498 g/mol. The van der Waals surface area contributed by atoms with E-state index in [2.05, 4.69) is 5.32 Å². The van der Waals surface area contributed by atoms with Gasteiger partial charge in [0.05, 0.1) is 10.6 Å². The lowest BCUT2D eigenvalue weighted by molar-refractivity contribution is -0.139. The predicted octanol–water partition coefficient (Wildman–Crippen LogP) is 4.83. The first kappa shape index (κ1) is 28.9. The second-order valence-corrected chi connectivity index (χ2v) is 11.4. The monoisotopic (exact) mass is 535 g/mol. The maximum absolute atomic E-state index is 13.9. The molecule has 0 aromatic heterocycles. The van der Waals surface area contributed by atoms with Crippen molar-refractivity contribution in [2.24, 2.45) is 0 Å². The number of hydrogen-bond donors (Lipinski definition) is 1. The molecule has 0 radical (unpaired) electrons. The molecule has 2 atom stereocenters. The molecule has 0 spiro atoms. The highest BCUT2D eigenvalue weighted by molar-refractivity contribution is 7.92. The van der Waals surface area contributed by atoms with Gasteiger partial charge in [0.15, 0.2) is 0 Å². The third kappa shape index (κ3) is 6.81. The van der Waals surface area contributed by atoms with Crippen LogP contribution in [0.1, 0.15) is 43.9 Å². The van der Waals surface area contributed by atoms with Crippen LogP contribution in [0.25, 0.3) is 0 Å². The van der Waals surface area contributed by atoms with E-state index >= 15 is 0 Å². The fraction of sp³-hybridized carbons (Fsp3) is 0.333. The van der Waals surface area contributed by atoms with Gasteiger partial charge < -0.3 is 10.2 Å². The van der Waals surface area contributed by atoms with Gasteiger partial charge in [0.2, 0.25) is 11.8 Å². The lowest BCUT2D eigenvalue weighted by atomic mass is 10.1.